The number of rotatable bonds is 4. The van der Waals surface area contributed by atoms with Crippen LogP contribution in [0.3, 0.4) is 0 Å². The number of nitrogens with two attached hydrogens (primary N) is 1. The number of hydrogen-bond acceptors (Lipinski definition) is 1. The molecule has 0 aliphatic rings. The van der Waals surface area contributed by atoms with Crippen LogP contribution in [-0.4, -0.2) is 17.5 Å². The number of aromatic nitrogens is 1. The monoisotopic (exact) mass is 230 g/mol. The van der Waals surface area contributed by atoms with Gasteiger partial charge in [-0.15, -0.1) is 0 Å². The second kappa shape index (κ2) is 5.39. The van der Waals surface area contributed by atoms with Crippen molar-refractivity contribution in [2.75, 3.05) is 6.54 Å². The van der Waals surface area contributed by atoms with Gasteiger partial charge in [0.25, 0.3) is 0 Å². The lowest BCUT2D eigenvalue weighted by atomic mass is 10.2. The third-order valence-corrected chi connectivity index (χ3v) is 2.56. The van der Waals surface area contributed by atoms with E-state index in [1.807, 2.05) is 12.1 Å². The molecule has 2 aromatic rings. The summed E-state index contributed by atoms with van der Waals surface area (Å²) in [6.07, 6.45) is 1.04. The van der Waals surface area contributed by atoms with Crippen LogP contribution >= 0.6 is 0 Å². The Balaban J connectivity index is 2.03. The Kier molecular flexibility index (Phi) is 3.65. The van der Waals surface area contributed by atoms with E-state index in [1.54, 1.807) is 0 Å². The van der Waals surface area contributed by atoms with Gasteiger partial charge in [0.15, 0.2) is 5.96 Å². The van der Waals surface area contributed by atoms with E-state index in [0.29, 0.717) is 12.5 Å². The molecule has 0 saturated heterocycles. The van der Waals surface area contributed by atoms with Crippen LogP contribution in [0.4, 0.5) is 0 Å². The lowest BCUT2D eigenvalue weighted by Gasteiger charge is -2.02. The molecule has 2 rings (SSSR count). The predicted molar refractivity (Wildman–Crippen MR) is 71.9 cm³/mol. The summed E-state index contributed by atoms with van der Waals surface area (Å²) in [4.78, 5) is 7.60. The summed E-state index contributed by atoms with van der Waals surface area (Å²) in [5.41, 5.74) is 7.94. The quantitative estimate of drug-likeness (QED) is 0.555. The number of nitrogens with one attached hydrogen (secondary N) is 2. The zero-order valence-corrected chi connectivity index (χ0v) is 10.0. The molecule has 17 heavy (non-hydrogen) atoms. The van der Waals surface area contributed by atoms with Crippen molar-refractivity contribution in [3.63, 3.8) is 0 Å². The first-order valence-corrected chi connectivity index (χ1v) is 5.90. The smallest absolute Gasteiger partial charge is 0.188 e. The number of nitrogens with zero attached hydrogens (tertiary/aromatic N) is 1. The summed E-state index contributed by atoms with van der Waals surface area (Å²) < 4.78 is 0. The Morgan fingerprint density at radius 2 is 2.24 bits per heavy atom. The molecule has 0 atom stereocenters. The summed E-state index contributed by atoms with van der Waals surface area (Å²) in [7, 11) is 0. The van der Waals surface area contributed by atoms with Gasteiger partial charge in [0, 0.05) is 17.8 Å². The van der Waals surface area contributed by atoms with Crippen molar-refractivity contribution in [3.05, 3.63) is 36.0 Å². The maximum atomic E-state index is 5.73. The van der Waals surface area contributed by atoms with Crippen molar-refractivity contribution < 1.29 is 0 Å². The fourth-order valence-corrected chi connectivity index (χ4v) is 1.70. The van der Waals surface area contributed by atoms with Crippen molar-refractivity contribution in [1.29, 1.82) is 0 Å². The predicted octanol–water partition coefficient (Wildman–Crippen LogP) is 1.98. The maximum absolute atomic E-state index is 5.73. The molecular weight excluding hydrogens is 212 g/mol. The van der Waals surface area contributed by atoms with Crippen LogP contribution in [0.25, 0.3) is 10.9 Å². The minimum Gasteiger partial charge on any atom is -0.370 e. The molecule has 4 nitrogen and oxygen atoms in total. The Hall–Kier alpha value is -1.97. The number of aliphatic imine (C=N–C) groups is 1. The lowest BCUT2D eigenvalue weighted by molar-refractivity contribution is 0.824. The average Bonchev–Trinajstić information content (AvgIpc) is 2.76. The molecule has 0 spiro atoms. The zero-order chi connectivity index (χ0) is 12.1. The lowest BCUT2D eigenvalue weighted by Crippen LogP contribution is -2.32. The van der Waals surface area contributed by atoms with Gasteiger partial charge in [0.1, 0.15) is 0 Å². The van der Waals surface area contributed by atoms with Gasteiger partial charge < -0.3 is 16.0 Å². The van der Waals surface area contributed by atoms with Gasteiger partial charge in [0.05, 0.1) is 6.54 Å². The maximum Gasteiger partial charge on any atom is 0.188 e. The summed E-state index contributed by atoms with van der Waals surface area (Å²) in [5.74, 6) is 0.505. The molecule has 0 unspecified atom stereocenters. The molecule has 0 fully saturated rings. The standard InChI is InChI=1S/C13H18N4/c1-2-7-15-13(14)16-9-11-8-10-5-3-4-6-12(10)17-11/h3-6,8,17H,2,7,9H2,1H3,(H3,14,15,16). The highest BCUT2D eigenvalue weighted by molar-refractivity contribution is 5.80. The number of fused-ring (bicyclic) bond motifs is 1. The van der Waals surface area contributed by atoms with E-state index in [1.165, 1.54) is 5.39 Å². The van der Waals surface area contributed by atoms with Gasteiger partial charge in [-0.3, -0.25) is 0 Å². The number of guanidine groups is 1. The summed E-state index contributed by atoms with van der Waals surface area (Å²) >= 11 is 0. The Morgan fingerprint density at radius 3 is 3.00 bits per heavy atom. The Bertz CT molecular complexity index is 480. The van der Waals surface area contributed by atoms with E-state index in [-0.39, 0.29) is 0 Å². The van der Waals surface area contributed by atoms with Gasteiger partial charge >= 0.3 is 0 Å². The van der Waals surface area contributed by atoms with Crippen LogP contribution in [0.2, 0.25) is 0 Å². The molecule has 0 aliphatic heterocycles. The van der Waals surface area contributed by atoms with Gasteiger partial charge in [-0.05, 0) is 23.9 Å². The minimum absolute atomic E-state index is 0.505. The number of benzene rings is 1. The molecule has 0 bridgehead atoms. The topological polar surface area (TPSA) is 66.2 Å². The van der Waals surface area contributed by atoms with E-state index in [0.717, 1.165) is 24.2 Å². The van der Waals surface area contributed by atoms with Crippen LogP contribution in [0.15, 0.2) is 35.3 Å². The summed E-state index contributed by atoms with van der Waals surface area (Å²) in [6.45, 7) is 3.54. The second-order valence-corrected chi connectivity index (χ2v) is 4.01. The van der Waals surface area contributed by atoms with Crippen LogP contribution in [0.1, 0.15) is 19.0 Å². The Labute approximate surface area is 101 Å². The fraction of sp³-hybridized carbons (Fsp3) is 0.308. The van der Waals surface area contributed by atoms with Crippen LogP contribution < -0.4 is 11.1 Å². The molecule has 0 radical (unpaired) electrons. The number of H-pyrrole nitrogens is 1. The normalized spacial score (nSPS) is 11.9. The third-order valence-electron chi connectivity index (χ3n) is 2.56. The van der Waals surface area contributed by atoms with E-state index in [2.05, 4.69) is 40.4 Å². The van der Waals surface area contributed by atoms with Crippen molar-refractivity contribution in [1.82, 2.24) is 10.3 Å². The third kappa shape index (κ3) is 3.00. The van der Waals surface area contributed by atoms with Crippen LogP contribution in [0, 0.1) is 0 Å². The van der Waals surface area contributed by atoms with Crippen molar-refractivity contribution in [2.45, 2.75) is 19.9 Å². The van der Waals surface area contributed by atoms with E-state index in [9.17, 15) is 0 Å². The summed E-state index contributed by atoms with van der Waals surface area (Å²) in [6, 6.07) is 10.3. The van der Waals surface area contributed by atoms with Gasteiger partial charge in [-0.1, -0.05) is 25.1 Å². The highest BCUT2D eigenvalue weighted by atomic mass is 15.1. The molecule has 0 saturated carbocycles. The molecule has 0 aliphatic carbocycles. The van der Waals surface area contributed by atoms with Crippen molar-refractivity contribution in [2.24, 2.45) is 10.7 Å². The molecule has 1 aromatic carbocycles. The second-order valence-electron chi connectivity index (χ2n) is 4.01. The molecular formula is C13H18N4. The van der Waals surface area contributed by atoms with Crippen LogP contribution in [-0.2, 0) is 6.54 Å². The number of hydrogen-bond donors (Lipinski definition) is 3. The molecule has 1 heterocycles. The van der Waals surface area contributed by atoms with Crippen LogP contribution in [0.5, 0.6) is 0 Å². The summed E-state index contributed by atoms with van der Waals surface area (Å²) in [5, 5.41) is 4.26. The zero-order valence-electron chi connectivity index (χ0n) is 10.0. The van der Waals surface area contributed by atoms with Gasteiger partial charge in [-0.2, -0.15) is 0 Å². The van der Waals surface area contributed by atoms with E-state index in [4.69, 9.17) is 5.73 Å². The highest BCUT2D eigenvalue weighted by Crippen LogP contribution is 2.14. The molecule has 4 heteroatoms. The molecule has 4 N–H and O–H groups in total. The number of para-hydroxylation sites is 1. The highest BCUT2D eigenvalue weighted by Gasteiger charge is 1.99. The first-order valence-electron chi connectivity index (χ1n) is 5.90. The first kappa shape index (κ1) is 11.5. The van der Waals surface area contributed by atoms with Crippen molar-refractivity contribution >= 4 is 16.9 Å². The largest absolute Gasteiger partial charge is 0.370 e. The average molecular weight is 230 g/mol. The SMILES string of the molecule is CCCNC(N)=NCc1cc2ccccc2[nH]1. The fourth-order valence-electron chi connectivity index (χ4n) is 1.70. The molecule has 1 aromatic heterocycles. The number of aromatic amines is 1. The van der Waals surface area contributed by atoms with Gasteiger partial charge in [0.2, 0.25) is 0 Å². The molecule has 90 valence electrons. The molecule has 0 amide bonds. The first-order chi connectivity index (χ1) is 8.29. The van der Waals surface area contributed by atoms with Crippen molar-refractivity contribution in [3.8, 4) is 0 Å². The van der Waals surface area contributed by atoms with Gasteiger partial charge in [-0.25, -0.2) is 4.99 Å². The Morgan fingerprint density at radius 1 is 1.41 bits per heavy atom. The minimum atomic E-state index is 0.505. The van der Waals surface area contributed by atoms with E-state index < -0.39 is 0 Å². The van der Waals surface area contributed by atoms with E-state index >= 15 is 0 Å².